The summed E-state index contributed by atoms with van der Waals surface area (Å²) in [5, 5.41) is 10.8. The number of halogens is 1. The van der Waals surface area contributed by atoms with Crippen LogP contribution in [0.25, 0.3) is 10.9 Å². The molecule has 1 unspecified atom stereocenters. The highest BCUT2D eigenvalue weighted by Crippen LogP contribution is 2.26. The van der Waals surface area contributed by atoms with Crippen LogP contribution < -0.4 is 0 Å². The molecular weight excluding hydrogens is 376 g/mol. The molecule has 2 aromatic rings. The second-order valence-corrected chi connectivity index (χ2v) is 9.13. The zero-order valence-electron chi connectivity index (χ0n) is 17.0. The van der Waals surface area contributed by atoms with Gasteiger partial charge in [-0.3, -0.25) is 0 Å². The van der Waals surface area contributed by atoms with Gasteiger partial charge >= 0.3 is 6.09 Å². The molecule has 0 bridgehead atoms. The number of aliphatic hydroxyl groups excluding tert-OH is 1. The molecule has 28 heavy (non-hydrogen) atoms. The van der Waals surface area contributed by atoms with Gasteiger partial charge in [0.25, 0.3) is 0 Å². The largest absolute Gasteiger partial charge is 0.444 e. The fourth-order valence-corrected chi connectivity index (χ4v) is 3.96. The van der Waals surface area contributed by atoms with Gasteiger partial charge in [-0.2, -0.15) is 0 Å². The van der Waals surface area contributed by atoms with E-state index in [2.05, 4.69) is 16.8 Å². The lowest BCUT2D eigenvalue weighted by Gasteiger charge is -2.33. The van der Waals surface area contributed by atoms with Gasteiger partial charge in [0.2, 0.25) is 0 Å². The van der Waals surface area contributed by atoms with E-state index in [9.17, 15) is 9.90 Å². The molecule has 154 valence electrons. The number of aromatic nitrogens is 1. The third-order valence-corrected chi connectivity index (χ3v) is 5.60. The summed E-state index contributed by atoms with van der Waals surface area (Å²) in [5.41, 5.74) is 0.427. The van der Waals surface area contributed by atoms with Crippen molar-refractivity contribution in [1.82, 2.24) is 9.47 Å². The van der Waals surface area contributed by atoms with Crippen LogP contribution in [-0.4, -0.2) is 39.4 Å². The number of ether oxygens (including phenoxy) is 1. The number of rotatable bonds is 5. The van der Waals surface area contributed by atoms with Crippen molar-refractivity contribution in [2.75, 3.05) is 13.1 Å². The maximum absolute atomic E-state index is 12.2. The molecule has 0 aliphatic carbocycles. The maximum atomic E-state index is 12.2. The van der Waals surface area contributed by atoms with Crippen molar-refractivity contribution in [3.63, 3.8) is 0 Å². The number of piperidine rings is 1. The number of amides is 1. The Morgan fingerprint density at radius 2 is 2.00 bits per heavy atom. The number of nitrogens with zero attached hydrogens (tertiary/aromatic N) is 2. The number of carbonyl (C=O) groups is 1. The summed E-state index contributed by atoms with van der Waals surface area (Å²) in [5.74, 6) is 0.653. The minimum Gasteiger partial charge on any atom is -0.444 e. The molecule has 1 aliphatic rings. The third kappa shape index (κ3) is 5.42. The second-order valence-electron chi connectivity index (χ2n) is 8.72. The Hall–Kier alpha value is -1.72. The van der Waals surface area contributed by atoms with Gasteiger partial charge in [0.05, 0.1) is 0 Å². The Bertz CT molecular complexity index is 802. The minimum absolute atomic E-state index is 0.193. The van der Waals surface area contributed by atoms with Crippen molar-refractivity contribution in [1.29, 1.82) is 0 Å². The fraction of sp³-hybridized carbons (Fsp3) is 0.591. The molecule has 1 aliphatic heterocycles. The highest BCUT2D eigenvalue weighted by Gasteiger charge is 2.26. The Labute approximate surface area is 172 Å². The lowest BCUT2D eigenvalue weighted by atomic mass is 9.92. The molecule has 1 aromatic carbocycles. The van der Waals surface area contributed by atoms with Crippen LogP contribution in [-0.2, 0) is 11.3 Å². The molecule has 1 aromatic heterocycles. The van der Waals surface area contributed by atoms with Crippen molar-refractivity contribution >= 4 is 28.6 Å². The standard InChI is InChI=1S/C22H31ClN2O3/c1-22(2,3)28-21(27)25-12-8-16(9-13-25)5-4-11-24-14-10-17-6-7-18(20(23)26)15-19(17)24/h6-7,10,14-16,20,26H,4-5,8-9,11-13H2,1-3H3. The van der Waals surface area contributed by atoms with E-state index in [1.807, 2.05) is 43.9 Å². The molecule has 0 spiro atoms. The molecule has 1 saturated heterocycles. The summed E-state index contributed by atoms with van der Waals surface area (Å²) in [4.78, 5) is 14.0. The Balaban J connectivity index is 1.47. The van der Waals surface area contributed by atoms with Crippen LogP contribution in [0, 0.1) is 5.92 Å². The third-order valence-electron chi connectivity index (χ3n) is 5.35. The molecule has 3 rings (SSSR count). The first-order valence-electron chi connectivity index (χ1n) is 10.1. The summed E-state index contributed by atoms with van der Waals surface area (Å²) in [7, 11) is 0. The first kappa shape index (κ1) is 21.0. The topological polar surface area (TPSA) is 54.7 Å². The van der Waals surface area contributed by atoms with E-state index in [-0.39, 0.29) is 6.09 Å². The van der Waals surface area contributed by atoms with Crippen LogP contribution in [0.4, 0.5) is 4.79 Å². The minimum atomic E-state index is -0.970. The summed E-state index contributed by atoms with van der Waals surface area (Å²) < 4.78 is 7.70. The molecule has 0 radical (unpaired) electrons. The van der Waals surface area contributed by atoms with Gasteiger partial charge in [-0.25, -0.2) is 4.79 Å². The first-order valence-corrected chi connectivity index (χ1v) is 10.6. The zero-order valence-corrected chi connectivity index (χ0v) is 17.8. The first-order chi connectivity index (χ1) is 13.2. The van der Waals surface area contributed by atoms with Gasteiger partial charge in [0.15, 0.2) is 5.56 Å². The van der Waals surface area contributed by atoms with Crippen LogP contribution in [0.2, 0.25) is 0 Å². The van der Waals surface area contributed by atoms with E-state index in [4.69, 9.17) is 16.3 Å². The van der Waals surface area contributed by atoms with Crippen LogP contribution in [0.15, 0.2) is 30.5 Å². The maximum Gasteiger partial charge on any atom is 0.410 e. The van der Waals surface area contributed by atoms with E-state index >= 15 is 0 Å². The average molecular weight is 407 g/mol. The highest BCUT2D eigenvalue weighted by atomic mass is 35.5. The SMILES string of the molecule is CC(C)(C)OC(=O)N1CCC(CCCn2ccc3ccc(C(O)Cl)cc32)CC1. The zero-order chi connectivity index (χ0) is 20.3. The molecule has 5 nitrogen and oxygen atoms in total. The quantitative estimate of drug-likeness (QED) is 0.685. The van der Waals surface area contributed by atoms with E-state index in [0.717, 1.165) is 61.8 Å². The van der Waals surface area contributed by atoms with Crippen LogP contribution in [0.3, 0.4) is 0 Å². The number of hydrogen-bond acceptors (Lipinski definition) is 3. The van der Waals surface area contributed by atoms with Gasteiger partial charge in [-0.15, -0.1) is 0 Å². The van der Waals surface area contributed by atoms with E-state index in [1.54, 1.807) is 0 Å². The Kier molecular flexibility index (Phi) is 6.56. The van der Waals surface area contributed by atoms with E-state index < -0.39 is 11.2 Å². The van der Waals surface area contributed by atoms with Crippen molar-refractivity contribution < 1.29 is 14.6 Å². The molecule has 1 N–H and O–H groups in total. The number of fused-ring (bicyclic) bond motifs is 1. The second kappa shape index (κ2) is 8.75. The van der Waals surface area contributed by atoms with Crippen molar-refractivity contribution in [3.05, 3.63) is 36.0 Å². The number of aryl methyl sites for hydroxylation is 1. The Morgan fingerprint density at radius 3 is 2.64 bits per heavy atom. The van der Waals surface area contributed by atoms with Crippen LogP contribution in [0.1, 0.15) is 57.6 Å². The molecule has 6 heteroatoms. The smallest absolute Gasteiger partial charge is 0.410 e. The van der Waals surface area contributed by atoms with Crippen molar-refractivity contribution in [2.45, 2.75) is 64.2 Å². The molecule has 2 heterocycles. The number of likely N-dealkylation sites (tertiary alicyclic amines) is 1. The summed E-state index contributed by atoms with van der Waals surface area (Å²) in [6.45, 7) is 8.21. The molecular formula is C22H31ClN2O3. The Morgan fingerprint density at radius 1 is 1.29 bits per heavy atom. The van der Waals surface area contributed by atoms with E-state index in [0.29, 0.717) is 5.92 Å². The highest BCUT2D eigenvalue weighted by molar-refractivity contribution is 6.19. The van der Waals surface area contributed by atoms with E-state index in [1.165, 1.54) is 0 Å². The number of hydrogen-bond donors (Lipinski definition) is 1. The lowest BCUT2D eigenvalue weighted by molar-refractivity contribution is 0.0180. The van der Waals surface area contributed by atoms with Crippen LogP contribution in [0.5, 0.6) is 0 Å². The predicted molar refractivity (Wildman–Crippen MR) is 113 cm³/mol. The molecule has 1 fully saturated rings. The number of benzene rings is 1. The lowest BCUT2D eigenvalue weighted by Crippen LogP contribution is -2.41. The predicted octanol–water partition coefficient (Wildman–Crippen LogP) is 5.30. The monoisotopic (exact) mass is 406 g/mol. The number of carbonyl (C=O) groups excluding carboxylic acids is 1. The van der Waals surface area contributed by atoms with Crippen molar-refractivity contribution in [3.8, 4) is 0 Å². The van der Waals surface area contributed by atoms with Gasteiger partial charge in [0.1, 0.15) is 5.60 Å². The van der Waals surface area contributed by atoms with Crippen molar-refractivity contribution in [2.24, 2.45) is 5.92 Å². The van der Waals surface area contributed by atoms with Gasteiger partial charge < -0.3 is 19.3 Å². The average Bonchev–Trinajstić information content (AvgIpc) is 3.03. The van der Waals surface area contributed by atoms with Crippen LogP contribution >= 0.6 is 11.6 Å². The molecule has 0 saturated carbocycles. The number of alkyl halides is 1. The molecule has 1 amide bonds. The summed E-state index contributed by atoms with van der Waals surface area (Å²) in [6.07, 6.45) is 6.22. The summed E-state index contributed by atoms with van der Waals surface area (Å²) in [6, 6.07) is 7.92. The summed E-state index contributed by atoms with van der Waals surface area (Å²) >= 11 is 5.81. The van der Waals surface area contributed by atoms with Gasteiger partial charge in [-0.05, 0) is 75.5 Å². The van der Waals surface area contributed by atoms with Gasteiger partial charge in [0, 0.05) is 31.3 Å². The fourth-order valence-electron chi connectivity index (χ4n) is 3.83. The normalized spacial score (nSPS) is 17.1. The molecule has 1 atom stereocenters. The van der Waals surface area contributed by atoms with Gasteiger partial charge in [-0.1, -0.05) is 23.7 Å². The number of aliphatic hydroxyl groups is 1.